The van der Waals surface area contributed by atoms with Gasteiger partial charge in [-0.05, 0) is 37.1 Å². The van der Waals surface area contributed by atoms with Crippen molar-refractivity contribution >= 4 is 44.7 Å². The molecule has 0 aliphatic carbocycles. The van der Waals surface area contributed by atoms with Gasteiger partial charge in [-0.3, -0.25) is 9.20 Å². The van der Waals surface area contributed by atoms with Crippen molar-refractivity contribution in [3.63, 3.8) is 0 Å². The van der Waals surface area contributed by atoms with E-state index in [0.29, 0.717) is 36.0 Å². The Morgan fingerprint density at radius 1 is 1.16 bits per heavy atom. The third-order valence-corrected chi connectivity index (χ3v) is 7.12. The first-order chi connectivity index (χ1) is 14.9. The number of benzene rings is 1. The monoisotopic (exact) mass is 458 g/mol. The summed E-state index contributed by atoms with van der Waals surface area (Å²) in [4.78, 5) is 14.7. The lowest BCUT2D eigenvalue weighted by molar-refractivity contribution is 0.0949. The number of amides is 1. The molecule has 0 radical (unpaired) electrons. The smallest absolute Gasteiger partial charge is 0.286 e. The second-order valence-electron chi connectivity index (χ2n) is 7.47. The summed E-state index contributed by atoms with van der Waals surface area (Å²) < 4.78 is 31.4. The van der Waals surface area contributed by atoms with Crippen molar-refractivity contribution in [1.29, 1.82) is 0 Å². The van der Waals surface area contributed by atoms with Crippen LogP contribution in [0.1, 0.15) is 41.9 Å². The molecule has 3 aromatic rings. The standard InChI is InChI=1S/C20H19ClN6O3S/c21-14-11-15-16(31(29,30)25-18-7-2-1-4-8-26(15)18)10-13(14)20(28)22-12-19-24-23-17-6-3-5-9-27(17)19/h3,5-6,9-11H,1-2,4,7-8,12H2,(H,22,28). The fraction of sp³-hybridized carbons (Fsp3) is 0.300. The summed E-state index contributed by atoms with van der Waals surface area (Å²) in [5.41, 5.74) is 1.22. The molecule has 9 nitrogen and oxygen atoms in total. The normalized spacial score (nSPS) is 17.5. The molecular formula is C20H19ClN6O3S. The van der Waals surface area contributed by atoms with Crippen molar-refractivity contribution in [2.24, 2.45) is 4.40 Å². The van der Waals surface area contributed by atoms with Gasteiger partial charge in [0.15, 0.2) is 11.5 Å². The molecule has 4 heterocycles. The van der Waals surface area contributed by atoms with Gasteiger partial charge in [-0.2, -0.15) is 8.42 Å². The zero-order chi connectivity index (χ0) is 21.6. The van der Waals surface area contributed by atoms with Gasteiger partial charge in [-0.25, -0.2) is 0 Å². The third kappa shape index (κ3) is 3.55. The van der Waals surface area contributed by atoms with E-state index in [1.807, 2.05) is 17.0 Å². The number of hydrogen-bond acceptors (Lipinski definition) is 6. The van der Waals surface area contributed by atoms with Gasteiger partial charge in [0, 0.05) is 19.2 Å². The number of fused-ring (bicyclic) bond motifs is 4. The number of aromatic nitrogens is 3. The van der Waals surface area contributed by atoms with Gasteiger partial charge in [-0.15, -0.1) is 14.6 Å². The van der Waals surface area contributed by atoms with Gasteiger partial charge in [0.05, 0.1) is 22.8 Å². The molecule has 0 spiro atoms. The van der Waals surface area contributed by atoms with Crippen LogP contribution in [0.2, 0.25) is 5.02 Å². The maximum Gasteiger partial charge on any atom is 0.286 e. The molecule has 1 N–H and O–H groups in total. The predicted molar refractivity (Wildman–Crippen MR) is 116 cm³/mol. The molecule has 31 heavy (non-hydrogen) atoms. The molecule has 2 aromatic heterocycles. The average molecular weight is 459 g/mol. The van der Waals surface area contributed by atoms with Crippen LogP contribution in [-0.4, -0.2) is 41.3 Å². The summed E-state index contributed by atoms with van der Waals surface area (Å²) >= 11 is 6.42. The van der Waals surface area contributed by atoms with Crippen LogP contribution in [0.4, 0.5) is 5.69 Å². The number of pyridine rings is 1. The third-order valence-electron chi connectivity index (χ3n) is 5.47. The minimum Gasteiger partial charge on any atom is -0.345 e. The maximum absolute atomic E-state index is 12.8. The minimum atomic E-state index is -3.91. The average Bonchev–Trinajstić information content (AvgIpc) is 3.01. The molecule has 1 fully saturated rings. The summed E-state index contributed by atoms with van der Waals surface area (Å²) in [7, 11) is -3.91. The van der Waals surface area contributed by atoms with Crippen LogP contribution < -0.4 is 10.2 Å². The number of anilines is 1. The molecule has 1 saturated heterocycles. The molecule has 2 aliphatic heterocycles. The Hall–Kier alpha value is -2.98. The fourth-order valence-electron chi connectivity index (χ4n) is 3.94. The molecule has 0 atom stereocenters. The van der Waals surface area contributed by atoms with Gasteiger partial charge >= 0.3 is 0 Å². The van der Waals surface area contributed by atoms with Crippen LogP contribution in [0, 0.1) is 0 Å². The van der Waals surface area contributed by atoms with Crippen molar-refractivity contribution in [3.05, 3.63) is 52.9 Å². The second kappa shape index (κ2) is 7.61. The highest BCUT2D eigenvalue weighted by molar-refractivity contribution is 7.90. The van der Waals surface area contributed by atoms with Gasteiger partial charge in [0.25, 0.3) is 15.9 Å². The van der Waals surface area contributed by atoms with E-state index in [0.717, 1.165) is 19.3 Å². The SMILES string of the molecule is O=C(NCc1nnc2ccccn12)c1cc2c(cc1Cl)N1CCCCCC1=NS2(=O)=O. The summed E-state index contributed by atoms with van der Waals surface area (Å²) in [5.74, 6) is 0.586. The summed E-state index contributed by atoms with van der Waals surface area (Å²) in [6.07, 6.45) is 5.24. The number of hydrogen-bond donors (Lipinski definition) is 1. The van der Waals surface area contributed by atoms with Crippen molar-refractivity contribution in [3.8, 4) is 0 Å². The zero-order valence-electron chi connectivity index (χ0n) is 16.5. The lowest BCUT2D eigenvalue weighted by atomic mass is 10.1. The van der Waals surface area contributed by atoms with E-state index in [9.17, 15) is 13.2 Å². The summed E-state index contributed by atoms with van der Waals surface area (Å²) in [5, 5.41) is 11.0. The molecule has 1 aromatic carbocycles. The van der Waals surface area contributed by atoms with E-state index in [-0.39, 0.29) is 22.0 Å². The molecule has 1 amide bonds. The van der Waals surface area contributed by atoms with Gasteiger partial charge < -0.3 is 10.2 Å². The van der Waals surface area contributed by atoms with Crippen molar-refractivity contribution < 1.29 is 13.2 Å². The number of halogens is 1. The van der Waals surface area contributed by atoms with Crippen LogP contribution in [-0.2, 0) is 16.6 Å². The Morgan fingerprint density at radius 2 is 2.03 bits per heavy atom. The molecule has 0 unspecified atom stereocenters. The van der Waals surface area contributed by atoms with E-state index in [1.165, 1.54) is 6.07 Å². The number of nitrogens with one attached hydrogen (secondary N) is 1. The van der Waals surface area contributed by atoms with Crippen LogP contribution in [0.15, 0.2) is 45.8 Å². The molecule has 0 bridgehead atoms. The first-order valence-electron chi connectivity index (χ1n) is 9.96. The highest BCUT2D eigenvalue weighted by Crippen LogP contribution is 2.37. The topological polar surface area (TPSA) is 109 Å². The van der Waals surface area contributed by atoms with Crippen molar-refractivity contribution in [1.82, 2.24) is 19.9 Å². The second-order valence-corrected chi connectivity index (χ2v) is 9.45. The number of carbonyl (C=O) groups excluding carboxylic acids is 1. The zero-order valence-corrected chi connectivity index (χ0v) is 18.0. The lowest BCUT2D eigenvalue weighted by Crippen LogP contribution is -2.35. The summed E-state index contributed by atoms with van der Waals surface area (Å²) in [6.45, 7) is 0.780. The van der Waals surface area contributed by atoms with Crippen LogP contribution >= 0.6 is 11.6 Å². The highest BCUT2D eigenvalue weighted by atomic mass is 35.5. The fourth-order valence-corrected chi connectivity index (χ4v) is 5.45. The first kappa shape index (κ1) is 20.0. The number of sulfonamides is 1. The van der Waals surface area contributed by atoms with Crippen LogP contribution in [0.5, 0.6) is 0 Å². The Balaban J connectivity index is 1.45. The minimum absolute atomic E-state index is 0.000581. The predicted octanol–water partition coefficient (Wildman–Crippen LogP) is 2.79. The van der Waals surface area contributed by atoms with Gasteiger partial charge in [0.2, 0.25) is 0 Å². The number of carbonyl (C=O) groups is 1. The van der Waals surface area contributed by atoms with Crippen LogP contribution in [0.25, 0.3) is 5.65 Å². The quantitative estimate of drug-likeness (QED) is 0.646. The van der Waals surface area contributed by atoms with Crippen molar-refractivity contribution in [2.45, 2.75) is 37.1 Å². The van der Waals surface area contributed by atoms with E-state index >= 15 is 0 Å². The lowest BCUT2D eigenvalue weighted by Gasteiger charge is -2.30. The van der Waals surface area contributed by atoms with Crippen molar-refractivity contribution in [2.75, 3.05) is 11.4 Å². The number of rotatable bonds is 3. The van der Waals surface area contributed by atoms with Crippen LogP contribution in [0.3, 0.4) is 0 Å². The van der Waals surface area contributed by atoms with E-state index < -0.39 is 15.9 Å². The Kier molecular flexibility index (Phi) is 4.90. The van der Waals surface area contributed by atoms with E-state index in [1.54, 1.807) is 22.7 Å². The maximum atomic E-state index is 12.8. The number of amidine groups is 1. The molecule has 5 rings (SSSR count). The van der Waals surface area contributed by atoms with Gasteiger partial charge in [0.1, 0.15) is 10.7 Å². The molecule has 160 valence electrons. The van der Waals surface area contributed by atoms with E-state index in [2.05, 4.69) is 19.9 Å². The van der Waals surface area contributed by atoms with E-state index in [4.69, 9.17) is 11.6 Å². The first-order valence-corrected chi connectivity index (χ1v) is 11.8. The van der Waals surface area contributed by atoms with Gasteiger partial charge in [-0.1, -0.05) is 24.1 Å². The Morgan fingerprint density at radius 3 is 2.90 bits per heavy atom. The summed E-state index contributed by atoms with van der Waals surface area (Å²) in [6, 6.07) is 8.36. The molecule has 2 aliphatic rings. The Bertz CT molecular complexity index is 1330. The molecule has 0 saturated carbocycles. The Labute approximate surface area is 183 Å². The molecular weight excluding hydrogens is 440 g/mol. The molecule has 11 heteroatoms. The highest BCUT2D eigenvalue weighted by Gasteiger charge is 2.33. The largest absolute Gasteiger partial charge is 0.345 e. The number of nitrogens with zero attached hydrogens (tertiary/aromatic N) is 5.